The van der Waals surface area contributed by atoms with Crippen LogP contribution in [-0.2, 0) is 27.3 Å². The summed E-state index contributed by atoms with van der Waals surface area (Å²) >= 11 is 0. The number of rotatable bonds is 5. The number of hydrogen-bond acceptors (Lipinski definition) is 3. The topological polar surface area (TPSA) is 87.3 Å². The third-order valence-electron chi connectivity index (χ3n) is 4.48. The number of hydrogen-bond donors (Lipinski definition) is 3. The molecule has 0 aromatic heterocycles. The predicted molar refractivity (Wildman–Crippen MR) is 96.8 cm³/mol. The van der Waals surface area contributed by atoms with E-state index in [-0.39, 0.29) is 18.5 Å². The van der Waals surface area contributed by atoms with E-state index in [9.17, 15) is 27.6 Å². The van der Waals surface area contributed by atoms with Crippen molar-refractivity contribution in [3.05, 3.63) is 70.5 Å². The average Bonchev–Trinajstić information content (AvgIpc) is 2.63. The lowest BCUT2D eigenvalue weighted by molar-refractivity contribution is -0.132. The van der Waals surface area contributed by atoms with Gasteiger partial charge in [-0.25, -0.2) is 13.2 Å². The van der Waals surface area contributed by atoms with Crippen LogP contribution in [0.2, 0.25) is 0 Å². The van der Waals surface area contributed by atoms with Crippen molar-refractivity contribution in [3.63, 3.8) is 0 Å². The summed E-state index contributed by atoms with van der Waals surface area (Å²) in [6, 6.07) is 4.55. The van der Waals surface area contributed by atoms with Gasteiger partial charge in [-0.3, -0.25) is 14.4 Å². The van der Waals surface area contributed by atoms with Gasteiger partial charge in [-0.05, 0) is 47.9 Å². The lowest BCUT2D eigenvalue weighted by Gasteiger charge is -2.27. The van der Waals surface area contributed by atoms with Crippen molar-refractivity contribution in [3.8, 4) is 0 Å². The molecule has 0 aliphatic carbocycles. The summed E-state index contributed by atoms with van der Waals surface area (Å²) in [5.41, 5.74) is 1.13. The van der Waals surface area contributed by atoms with Crippen molar-refractivity contribution in [1.29, 1.82) is 0 Å². The van der Waals surface area contributed by atoms with Gasteiger partial charge in [-0.15, -0.1) is 0 Å². The minimum absolute atomic E-state index is 0.115. The van der Waals surface area contributed by atoms with Gasteiger partial charge in [0.1, 0.15) is 29.5 Å². The standard InChI is InChI=1S/C20H18F3N3O3/c1-10(25-17(27)6-11-4-14(22)7-15(23)5-11)19(28)26-18-16-8-13(21)3-2-12(16)9-24-20(18)29/h2-5,7-8,10,18H,6,9H2,1H3,(H,24,29)(H,25,27)(H,26,28). The lowest BCUT2D eigenvalue weighted by atomic mass is 9.95. The molecule has 3 N–H and O–H groups in total. The quantitative estimate of drug-likeness (QED) is 0.707. The van der Waals surface area contributed by atoms with Crippen LogP contribution in [0.25, 0.3) is 0 Å². The fourth-order valence-corrected chi connectivity index (χ4v) is 3.09. The van der Waals surface area contributed by atoms with Crippen LogP contribution >= 0.6 is 0 Å². The molecule has 0 saturated carbocycles. The largest absolute Gasteiger partial charge is 0.350 e. The molecule has 0 radical (unpaired) electrons. The molecule has 1 heterocycles. The van der Waals surface area contributed by atoms with Gasteiger partial charge in [0.25, 0.3) is 0 Å². The van der Waals surface area contributed by atoms with Crippen LogP contribution in [0, 0.1) is 17.5 Å². The zero-order valence-corrected chi connectivity index (χ0v) is 15.4. The molecular weight excluding hydrogens is 387 g/mol. The Morgan fingerprint density at radius 1 is 1.10 bits per heavy atom. The first-order valence-electron chi connectivity index (χ1n) is 8.83. The van der Waals surface area contributed by atoms with Crippen molar-refractivity contribution < 1.29 is 27.6 Å². The smallest absolute Gasteiger partial charge is 0.247 e. The summed E-state index contributed by atoms with van der Waals surface area (Å²) in [5.74, 6) is -3.95. The van der Waals surface area contributed by atoms with Gasteiger partial charge < -0.3 is 16.0 Å². The maximum absolute atomic E-state index is 13.6. The summed E-state index contributed by atoms with van der Waals surface area (Å²) in [6.45, 7) is 1.61. The molecule has 2 aromatic carbocycles. The van der Waals surface area contributed by atoms with Crippen LogP contribution in [0.1, 0.15) is 29.7 Å². The summed E-state index contributed by atoms with van der Waals surface area (Å²) in [5, 5.41) is 7.49. The van der Waals surface area contributed by atoms with Crippen molar-refractivity contribution in [2.24, 2.45) is 0 Å². The van der Waals surface area contributed by atoms with Crippen LogP contribution in [0.15, 0.2) is 36.4 Å². The van der Waals surface area contributed by atoms with E-state index >= 15 is 0 Å². The van der Waals surface area contributed by atoms with E-state index in [4.69, 9.17) is 0 Å². The van der Waals surface area contributed by atoms with Crippen molar-refractivity contribution in [2.45, 2.75) is 32.0 Å². The van der Waals surface area contributed by atoms with Gasteiger partial charge in [0.15, 0.2) is 0 Å². The first-order valence-corrected chi connectivity index (χ1v) is 8.83. The number of fused-ring (bicyclic) bond motifs is 1. The fraction of sp³-hybridized carbons (Fsp3) is 0.250. The fourth-order valence-electron chi connectivity index (χ4n) is 3.09. The first kappa shape index (κ1) is 20.4. The van der Waals surface area contributed by atoms with E-state index < -0.39 is 47.3 Å². The Bertz CT molecular complexity index is 960. The zero-order valence-electron chi connectivity index (χ0n) is 15.4. The Kier molecular flexibility index (Phi) is 5.86. The summed E-state index contributed by atoms with van der Waals surface area (Å²) in [6.07, 6.45) is -0.329. The molecule has 29 heavy (non-hydrogen) atoms. The molecule has 0 fully saturated rings. The third-order valence-corrected chi connectivity index (χ3v) is 4.48. The molecule has 0 saturated heterocycles. The maximum atomic E-state index is 13.6. The van der Waals surface area contributed by atoms with Crippen LogP contribution in [0.4, 0.5) is 13.2 Å². The number of amides is 3. The molecule has 3 amide bonds. The Morgan fingerprint density at radius 3 is 2.48 bits per heavy atom. The van der Waals surface area contributed by atoms with Crippen LogP contribution in [0.3, 0.4) is 0 Å². The van der Waals surface area contributed by atoms with E-state index in [1.54, 1.807) is 0 Å². The highest BCUT2D eigenvalue weighted by molar-refractivity contribution is 5.93. The van der Waals surface area contributed by atoms with Gasteiger partial charge in [-0.1, -0.05) is 6.07 Å². The molecule has 2 atom stereocenters. The predicted octanol–water partition coefficient (Wildman–Crippen LogP) is 1.64. The minimum Gasteiger partial charge on any atom is -0.350 e. The van der Waals surface area contributed by atoms with Crippen LogP contribution in [0.5, 0.6) is 0 Å². The number of halogens is 3. The Labute approximate surface area is 164 Å². The second-order valence-corrected chi connectivity index (χ2v) is 6.75. The van der Waals surface area contributed by atoms with Crippen molar-refractivity contribution >= 4 is 17.7 Å². The molecule has 0 spiro atoms. The number of benzene rings is 2. The average molecular weight is 405 g/mol. The molecule has 152 valence electrons. The van der Waals surface area contributed by atoms with Crippen molar-refractivity contribution in [2.75, 3.05) is 0 Å². The Morgan fingerprint density at radius 2 is 1.79 bits per heavy atom. The highest BCUT2D eigenvalue weighted by Gasteiger charge is 2.30. The summed E-state index contributed by atoms with van der Waals surface area (Å²) in [4.78, 5) is 36.7. The maximum Gasteiger partial charge on any atom is 0.247 e. The second kappa shape index (κ2) is 8.34. The Balaban J connectivity index is 1.64. The Hall–Kier alpha value is -3.36. The second-order valence-electron chi connectivity index (χ2n) is 6.75. The van der Waals surface area contributed by atoms with Gasteiger partial charge in [0, 0.05) is 12.6 Å². The zero-order chi connectivity index (χ0) is 21.1. The first-order chi connectivity index (χ1) is 13.7. The van der Waals surface area contributed by atoms with E-state index in [2.05, 4.69) is 16.0 Å². The van der Waals surface area contributed by atoms with E-state index in [1.165, 1.54) is 25.1 Å². The lowest BCUT2D eigenvalue weighted by Crippen LogP contribution is -2.50. The minimum atomic E-state index is -1.10. The monoisotopic (exact) mass is 405 g/mol. The normalized spacial score (nSPS) is 16.4. The number of nitrogens with one attached hydrogen (secondary N) is 3. The van der Waals surface area contributed by atoms with Crippen molar-refractivity contribution in [1.82, 2.24) is 16.0 Å². The van der Waals surface area contributed by atoms with Gasteiger partial charge >= 0.3 is 0 Å². The van der Waals surface area contributed by atoms with E-state index in [0.717, 1.165) is 12.1 Å². The number of carbonyl (C=O) groups is 3. The highest BCUT2D eigenvalue weighted by atomic mass is 19.1. The van der Waals surface area contributed by atoms with Gasteiger partial charge in [0.05, 0.1) is 6.42 Å². The summed E-state index contributed by atoms with van der Waals surface area (Å²) < 4.78 is 40.0. The molecular formula is C20H18F3N3O3. The van der Waals surface area contributed by atoms with Gasteiger partial charge in [0.2, 0.25) is 17.7 Å². The van der Waals surface area contributed by atoms with Gasteiger partial charge in [-0.2, -0.15) is 0 Å². The molecule has 0 bridgehead atoms. The molecule has 6 nitrogen and oxygen atoms in total. The highest BCUT2D eigenvalue weighted by Crippen LogP contribution is 2.24. The number of carbonyl (C=O) groups excluding carboxylic acids is 3. The van der Waals surface area contributed by atoms with Crippen LogP contribution < -0.4 is 16.0 Å². The molecule has 1 aliphatic heterocycles. The molecule has 9 heteroatoms. The summed E-state index contributed by atoms with van der Waals surface area (Å²) in [7, 11) is 0. The molecule has 2 unspecified atom stereocenters. The molecule has 2 aromatic rings. The van der Waals surface area contributed by atoms with Crippen LogP contribution in [-0.4, -0.2) is 23.8 Å². The molecule has 1 aliphatic rings. The third kappa shape index (κ3) is 4.92. The van der Waals surface area contributed by atoms with E-state index in [0.29, 0.717) is 17.2 Å². The molecule has 3 rings (SSSR count). The SMILES string of the molecule is CC(NC(=O)Cc1cc(F)cc(F)c1)C(=O)NC1C(=O)NCc2ccc(F)cc21. The van der Waals surface area contributed by atoms with E-state index in [1.807, 2.05) is 0 Å².